The number of fused-ring (bicyclic) bond motifs is 1. The highest BCUT2D eigenvalue weighted by Crippen LogP contribution is 2.34. The fraction of sp³-hybridized carbons (Fsp3) is 0.174. The number of rotatable bonds is 5. The molecule has 2 heterocycles. The minimum atomic E-state index is -4.55. The van der Waals surface area contributed by atoms with Crippen molar-refractivity contribution >= 4 is 52.2 Å². The number of amides is 2. The van der Waals surface area contributed by atoms with Gasteiger partial charge in [0.1, 0.15) is 5.82 Å². The molecule has 2 amide bonds. The molecule has 1 aliphatic heterocycles. The molecule has 2 aromatic carbocycles. The summed E-state index contributed by atoms with van der Waals surface area (Å²) in [6.07, 6.45) is -2.82. The number of hydrogen-bond donors (Lipinski definition) is 1. The summed E-state index contributed by atoms with van der Waals surface area (Å²) in [5, 5.41) is 13.5. The summed E-state index contributed by atoms with van der Waals surface area (Å²) in [7, 11) is 0. The van der Waals surface area contributed by atoms with E-state index in [1.165, 1.54) is 29.3 Å². The Bertz CT molecular complexity index is 1400. The van der Waals surface area contributed by atoms with Crippen LogP contribution >= 0.6 is 23.2 Å². The Balaban J connectivity index is 1.57. The van der Waals surface area contributed by atoms with Gasteiger partial charge in [-0.3, -0.25) is 24.6 Å². The normalized spacial score (nSPS) is 13.4. The number of benzene rings is 2. The fourth-order valence-corrected chi connectivity index (χ4v) is 4.12. The van der Waals surface area contributed by atoms with Gasteiger partial charge < -0.3 is 5.32 Å². The predicted octanol–water partition coefficient (Wildman–Crippen LogP) is 6.05. The Hall–Kier alpha value is -3.70. The van der Waals surface area contributed by atoms with E-state index in [1.54, 1.807) is 6.07 Å². The van der Waals surface area contributed by atoms with E-state index in [0.29, 0.717) is 17.5 Å². The molecule has 1 aliphatic rings. The van der Waals surface area contributed by atoms with E-state index in [4.69, 9.17) is 23.2 Å². The summed E-state index contributed by atoms with van der Waals surface area (Å²) in [4.78, 5) is 41.2. The maximum absolute atomic E-state index is 12.9. The van der Waals surface area contributed by atoms with Gasteiger partial charge in [-0.2, -0.15) is 13.2 Å². The number of pyridine rings is 1. The van der Waals surface area contributed by atoms with Crippen molar-refractivity contribution in [2.75, 3.05) is 10.2 Å². The lowest BCUT2D eigenvalue weighted by Gasteiger charge is -2.29. The van der Waals surface area contributed by atoms with Gasteiger partial charge >= 0.3 is 6.18 Å². The van der Waals surface area contributed by atoms with E-state index in [-0.39, 0.29) is 51.7 Å². The smallest absolute Gasteiger partial charge is 0.321 e. The number of nitro groups is 1. The monoisotopic (exact) mass is 538 g/mol. The molecule has 0 aliphatic carbocycles. The quantitative estimate of drug-likeness (QED) is 0.314. The van der Waals surface area contributed by atoms with Gasteiger partial charge in [-0.05, 0) is 41.8 Å². The van der Waals surface area contributed by atoms with Gasteiger partial charge in [0.2, 0.25) is 5.91 Å². The molecule has 36 heavy (non-hydrogen) atoms. The number of aromatic nitrogens is 1. The van der Waals surface area contributed by atoms with Crippen LogP contribution in [0.25, 0.3) is 0 Å². The van der Waals surface area contributed by atoms with Gasteiger partial charge in [0, 0.05) is 23.6 Å². The van der Waals surface area contributed by atoms with Crippen molar-refractivity contribution in [3.05, 3.63) is 91.1 Å². The number of nitrogens with zero attached hydrogens (tertiary/aromatic N) is 3. The predicted molar refractivity (Wildman–Crippen MR) is 126 cm³/mol. The van der Waals surface area contributed by atoms with Crippen molar-refractivity contribution in [1.82, 2.24) is 4.98 Å². The van der Waals surface area contributed by atoms with Crippen molar-refractivity contribution in [1.29, 1.82) is 0 Å². The third kappa shape index (κ3) is 5.26. The molecule has 186 valence electrons. The molecule has 0 radical (unpaired) electrons. The maximum Gasteiger partial charge on any atom is 0.416 e. The van der Waals surface area contributed by atoms with E-state index in [0.717, 1.165) is 18.2 Å². The van der Waals surface area contributed by atoms with Crippen LogP contribution in [0, 0.1) is 10.1 Å². The Morgan fingerprint density at radius 1 is 1.11 bits per heavy atom. The van der Waals surface area contributed by atoms with E-state index >= 15 is 0 Å². The standard InChI is InChI=1S/C23H15Cl2F3N4O4/c24-18-5-4-16(32(35)36)9-17(18)22(34)30-15-7-12-2-6-20(33)31(21(12)29-10-15)11-13-1-3-14(8-19(13)25)23(26,27)28/h1,3-5,7-10H,2,6,11H2,(H,30,34). The van der Waals surface area contributed by atoms with Gasteiger partial charge in [0.05, 0.1) is 39.5 Å². The third-order valence-corrected chi connectivity index (χ3v) is 6.16. The second kappa shape index (κ2) is 9.75. The van der Waals surface area contributed by atoms with Crippen molar-refractivity contribution in [2.24, 2.45) is 0 Å². The van der Waals surface area contributed by atoms with Crippen LogP contribution in [0.15, 0.2) is 48.7 Å². The molecule has 0 atom stereocenters. The number of hydrogen-bond acceptors (Lipinski definition) is 5. The molecule has 0 saturated carbocycles. The van der Waals surface area contributed by atoms with E-state index in [1.807, 2.05) is 0 Å². The first kappa shape index (κ1) is 25.4. The molecule has 0 saturated heterocycles. The van der Waals surface area contributed by atoms with Gasteiger partial charge in [0.25, 0.3) is 11.6 Å². The maximum atomic E-state index is 12.9. The average Bonchev–Trinajstić information content (AvgIpc) is 2.81. The van der Waals surface area contributed by atoms with Crippen molar-refractivity contribution in [2.45, 2.75) is 25.6 Å². The molecule has 1 aromatic heterocycles. The lowest BCUT2D eigenvalue weighted by Crippen LogP contribution is -2.35. The summed E-state index contributed by atoms with van der Waals surface area (Å²) >= 11 is 12.1. The SMILES string of the molecule is O=C(Nc1cnc2c(c1)CCC(=O)N2Cc1ccc(C(F)(F)F)cc1Cl)c1cc([N+](=O)[O-])ccc1Cl. The summed E-state index contributed by atoms with van der Waals surface area (Å²) in [5.41, 5.74) is -0.111. The minimum absolute atomic E-state index is 0.0224. The van der Waals surface area contributed by atoms with Crippen LogP contribution in [0.4, 0.5) is 30.4 Å². The zero-order valence-corrected chi connectivity index (χ0v) is 19.6. The zero-order chi connectivity index (χ0) is 26.2. The minimum Gasteiger partial charge on any atom is -0.321 e. The average molecular weight is 539 g/mol. The van der Waals surface area contributed by atoms with Gasteiger partial charge in [-0.1, -0.05) is 29.3 Å². The van der Waals surface area contributed by atoms with Crippen LogP contribution in [0.5, 0.6) is 0 Å². The third-order valence-electron chi connectivity index (χ3n) is 5.48. The van der Waals surface area contributed by atoms with E-state index in [9.17, 15) is 32.9 Å². The number of carbonyl (C=O) groups is 2. The van der Waals surface area contributed by atoms with Crippen LogP contribution in [0.3, 0.4) is 0 Å². The molecule has 4 rings (SSSR count). The number of halogens is 5. The number of nitro benzene ring substituents is 1. The molecule has 8 nitrogen and oxygen atoms in total. The molecule has 0 fully saturated rings. The Morgan fingerprint density at radius 2 is 1.86 bits per heavy atom. The Kier molecular flexibility index (Phi) is 6.87. The summed E-state index contributed by atoms with van der Waals surface area (Å²) in [6.45, 7) is -0.0925. The molecule has 13 heteroatoms. The Morgan fingerprint density at radius 3 is 2.53 bits per heavy atom. The molecular formula is C23H15Cl2F3N4O4. The Labute approximate surface area is 211 Å². The first-order chi connectivity index (χ1) is 16.9. The van der Waals surface area contributed by atoms with Crippen LogP contribution in [-0.4, -0.2) is 21.7 Å². The fourth-order valence-electron chi connectivity index (χ4n) is 3.68. The number of alkyl halides is 3. The number of carbonyl (C=O) groups excluding carboxylic acids is 2. The van der Waals surface area contributed by atoms with Crippen molar-refractivity contribution < 1.29 is 27.7 Å². The van der Waals surface area contributed by atoms with E-state index in [2.05, 4.69) is 10.3 Å². The molecule has 0 unspecified atom stereocenters. The molecule has 3 aromatic rings. The lowest BCUT2D eigenvalue weighted by molar-refractivity contribution is -0.384. The first-order valence-corrected chi connectivity index (χ1v) is 11.1. The highest BCUT2D eigenvalue weighted by atomic mass is 35.5. The molecular weight excluding hydrogens is 524 g/mol. The number of anilines is 2. The van der Waals surface area contributed by atoms with Crippen molar-refractivity contribution in [3.8, 4) is 0 Å². The summed E-state index contributed by atoms with van der Waals surface area (Å²) in [5.74, 6) is -0.689. The number of non-ortho nitro benzene ring substituents is 1. The molecule has 1 N–H and O–H groups in total. The van der Waals surface area contributed by atoms with E-state index < -0.39 is 22.6 Å². The topological polar surface area (TPSA) is 105 Å². The number of nitrogens with one attached hydrogen (secondary N) is 1. The lowest BCUT2D eigenvalue weighted by atomic mass is 10.0. The van der Waals surface area contributed by atoms with Gasteiger partial charge in [0.15, 0.2) is 0 Å². The van der Waals surface area contributed by atoms with Gasteiger partial charge in [-0.25, -0.2) is 4.98 Å². The highest BCUT2D eigenvalue weighted by molar-refractivity contribution is 6.34. The summed E-state index contributed by atoms with van der Waals surface area (Å²) in [6, 6.07) is 7.98. The van der Waals surface area contributed by atoms with Gasteiger partial charge in [-0.15, -0.1) is 0 Å². The van der Waals surface area contributed by atoms with Crippen LogP contribution in [0.1, 0.15) is 33.5 Å². The first-order valence-electron chi connectivity index (χ1n) is 10.3. The zero-order valence-electron chi connectivity index (χ0n) is 18.1. The van der Waals surface area contributed by atoms with Crippen LogP contribution in [0.2, 0.25) is 10.0 Å². The summed E-state index contributed by atoms with van der Waals surface area (Å²) < 4.78 is 38.8. The van der Waals surface area contributed by atoms with Crippen molar-refractivity contribution in [3.63, 3.8) is 0 Å². The second-order valence-electron chi connectivity index (χ2n) is 7.87. The highest BCUT2D eigenvalue weighted by Gasteiger charge is 2.32. The van der Waals surface area contributed by atoms with Crippen LogP contribution < -0.4 is 10.2 Å². The largest absolute Gasteiger partial charge is 0.416 e. The molecule has 0 bridgehead atoms. The van der Waals surface area contributed by atoms with Crippen LogP contribution in [-0.2, 0) is 23.9 Å². The second-order valence-corrected chi connectivity index (χ2v) is 8.68. The molecule has 0 spiro atoms. The number of aryl methyl sites for hydroxylation is 1.